The van der Waals surface area contributed by atoms with Crippen molar-refractivity contribution in [3.05, 3.63) is 52.3 Å². The molecule has 0 spiro atoms. The topological polar surface area (TPSA) is 111 Å². The lowest BCUT2D eigenvalue weighted by atomic mass is 10.1. The summed E-state index contributed by atoms with van der Waals surface area (Å²) in [5.41, 5.74) is -1.42. The lowest BCUT2D eigenvalue weighted by molar-refractivity contribution is -0.141. The van der Waals surface area contributed by atoms with Gasteiger partial charge in [-0.15, -0.1) is 0 Å². The van der Waals surface area contributed by atoms with E-state index < -0.39 is 31.9 Å². The van der Waals surface area contributed by atoms with Crippen LogP contribution in [0.2, 0.25) is 10.0 Å². The molecule has 0 saturated carbocycles. The fourth-order valence-corrected chi connectivity index (χ4v) is 3.31. The van der Waals surface area contributed by atoms with Crippen molar-refractivity contribution >= 4 is 33.2 Å². The Kier molecular flexibility index (Phi) is 5.04. The summed E-state index contributed by atoms with van der Waals surface area (Å²) in [6.07, 6.45) is -3.87. The number of aromatic nitrogens is 3. The van der Waals surface area contributed by atoms with Crippen LogP contribution in [-0.4, -0.2) is 28.3 Å². The van der Waals surface area contributed by atoms with E-state index in [2.05, 4.69) is 10.1 Å². The zero-order valence-electron chi connectivity index (χ0n) is 13.4. The number of hydrogen-bond acceptors (Lipinski definition) is 5. The van der Waals surface area contributed by atoms with Gasteiger partial charge >= 0.3 is 6.18 Å². The molecular weight excluding hydrogens is 444 g/mol. The molecule has 3 rings (SSSR count). The molecule has 0 aliphatic heterocycles. The Morgan fingerprint density at radius 2 is 1.82 bits per heavy atom. The number of nitrogens with zero attached hydrogens (tertiary/aromatic N) is 3. The van der Waals surface area contributed by atoms with Gasteiger partial charge in [-0.05, 0) is 30.3 Å². The third-order valence-electron chi connectivity index (χ3n) is 3.57. The van der Waals surface area contributed by atoms with Crippen LogP contribution in [0.15, 0.2) is 41.6 Å². The highest BCUT2D eigenvalue weighted by atomic mass is 35.5. The van der Waals surface area contributed by atoms with Crippen LogP contribution in [0.1, 0.15) is 5.69 Å². The molecule has 0 atom stereocenters. The van der Waals surface area contributed by atoms with Gasteiger partial charge in [0.1, 0.15) is 5.75 Å². The number of rotatable bonds is 3. The Labute approximate surface area is 166 Å². The molecular formula is C15H9Cl2F3N4O3S. The molecule has 7 nitrogen and oxygen atoms in total. The summed E-state index contributed by atoms with van der Waals surface area (Å²) < 4.78 is 63.4. The lowest BCUT2D eigenvalue weighted by Gasteiger charge is -2.09. The lowest BCUT2D eigenvalue weighted by Crippen LogP contribution is -2.14. The highest BCUT2D eigenvalue weighted by Gasteiger charge is 2.39. The Balaban J connectivity index is 2.26. The van der Waals surface area contributed by atoms with E-state index in [4.69, 9.17) is 28.3 Å². The van der Waals surface area contributed by atoms with E-state index in [1.54, 1.807) is 0 Å². The number of alkyl halides is 3. The number of halogens is 5. The average Bonchev–Trinajstić information content (AvgIpc) is 2.94. The van der Waals surface area contributed by atoms with Gasteiger partial charge in [-0.3, -0.25) is 0 Å². The maximum atomic E-state index is 13.3. The molecule has 28 heavy (non-hydrogen) atoms. The first-order chi connectivity index (χ1) is 12.9. The Bertz CT molecular complexity index is 1160. The van der Waals surface area contributed by atoms with Crippen molar-refractivity contribution < 1.29 is 26.7 Å². The van der Waals surface area contributed by atoms with Gasteiger partial charge in [0.25, 0.3) is 10.0 Å². The van der Waals surface area contributed by atoms with Crippen molar-refractivity contribution in [3.8, 4) is 22.7 Å². The van der Waals surface area contributed by atoms with Crippen molar-refractivity contribution in [2.75, 3.05) is 0 Å². The van der Waals surface area contributed by atoms with Gasteiger partial charge < -0.3 is 5.11 Å². The average molecular weight is 453 g/mol. The van der Waals surface area contributed by atoms with Crippen LogP contribution in [0.25, 0.3) is 16.9 Å². The number of aromatic hydroxyl groups is 1. The van der Waals surface area contributed by atoms with Gasteiger partial charge in [-0.1, -0.05) is 23.2 Å². The molecule has 0 radical (unpaired) electrons. The number of primary sulfonamides is 1. The SMILES string of the molecule is NS(=O)(=O)c1ccc(-n2nc(C(F)(F)F)c(Cl)c2-c2ccc(O)c(Cl)c2)cn1. The van der Waals surface area contributed by atoms with Gasteiger partial charge in [-0.2, -0.15) is 18.3 Å². The molecule has 2 heterocycles. The van der Waals surface area contributed by atoms with E-state index in [-0.39, 0.29) is 27.7 Å². The molecule has 3 N–H and O–H groups in total. The van der Waals surface area contributed by atoms with Crippen molar-refractivity contribution in [2.45, 2.75) is 11.2 Å². The van der Waals surface area contributed by atoms with E-state index in [9.17, 15) is 26.7 Å². The highest BCUT2D eigenvalue weighted by molar-refractivity contribution is 7.89. The first-order valence-corrected chi connectivity index (χ1v) is 9.53. The summed E-state index contributed by atoms with van der Waals surface area (Å²) in [7, 11) is -4.09. The van der Waals surface area contributed by atoms with Crippen LogP contribution < -0.4 is 5.14 Å². The van der Waals surface area contributed by atoms with Crippen LogP contribution in [-0.2, 0) is 16.2 Å². The Hall–Kier alpha value is -2.34. The van der Waals surface area contributed by atoms with Gasteiger partial charge in [0.15, 0.2) is 10.7 Å². The molecule has 0 aliphatic rings. The number of nitrogens with two attached hydrogens (primary N) is 1. The summed E-state index contributed by atoms with van der Waals surface area (Å²) in [6, 6.07) is 5.87. The Morgan fingerprint density at radius 1 is 1.14 bits per heavy atom. The molecule has 148 valence electrons. The first-order valence-electron chi connectivity index (χ1n) is 7.23. The number of pyridine rings is 1. The molecule has 3 aromatic rings. The number of phenols is 1. The Morgan fingerprint density at radius 3 is 2.32 bits per heavy atom. The van der Waals surface area contributed by atoms with E-state index in [0.717, 1.165) is 16.9 Å². The van der Waals surface area contributed by atoms with Crippen LogP contribution in [0.3, 0.4) is 0 Å². The summed E-state index contributed by atoms with van der Waals surface area (Å²) in [6.45, 7) is 0. The minimum absolute atomic E-state index is 0.0102. The molecule has 0 unspecified atom stereocenters. The third-order valence-corrected chi connectivity index (χ3v) is 5.06. The van der Waals surface area contributed by atoms with Crippen LogP contribution in [0, 0.1) is 0 Å². The van der Waals surface area contributed by atoms with Crippen LogP contribution in [0.5, 0.6) is 5.75 Å². The predicted octanol–water partition coefficient (Wildman–Crippen LogP) is 3.61. The number of benzene rings is 1. The van der Waals surface area contributed by atoms with Crippen LogP contribution >= 0.6 is 23.2 Å². The van der Waals surface area contributed by atoms with Crippen LogP contribution in [0.4, 0.5) is 13.2 Å². The monoisotopic (exact) mass is 452 g/mol. The second kappa shape index (κ2) is 6.92. The predicted molar refractivity (Wildman–Crippen MR) is 94.9 cm³/mol. The number of hydrogen-bond donors (Lipinski definition) is 2. The molecule has 0 bridgehead atoms. The van der Waals surface area contributed by atoms with E-state index >= 15 is 0 Å². The fourth-order valence-electron chi connectivity index (χ4n) is 2.34. The van der Waals surface area contributed by atoms with Crippen molar-refractivity contribution in [1.29, 1.82) is 0 Å². The van der Waals surface area contributed by atoms with E-state index in [0.29, 0.717) is 0 Å². The molecule has 0 amide bonds. The van der Waals surface area contributed by atoms with Gasteiger partial charge in [-0.25, -0.2) is 23.2 Å². The molecule has 0 saturated heterocycles. The summed E-state index contributed by atoms with van der Waals surface area (Å²) in [5.74, 6) is -0.275. The second-order valence-electron chi connectivity index (χ2n) is 5.49. The second-order valence-corrected chi connectivity index (χ2v) is 7.78. The summed E-state index contributed by atoms with van der Waals surface area (Å²) in [5, 5.41) is 16.7. The maximum Gasteiger partial charge on any atom is 0.436 e. The first kappa shape index (κ1) is 20.4. The zero-order chi connectivity index (χ0) is 20.9. The molecule has 0 aliphatic carbocycles. The standard InChI is InChI=1S/C15H9Cl2F3N4O3S/c16-9-5-7(1-3-10(9)25)13-12(17)14(15(18,19)20)23-24(13)8-2-4-11(22-6-8)28(21,26)27/h1-6,25H,(H2,21,26,27). The largest absolute Gasteiger partial charge is 0.506 e. The van der Waals surface area contributed by atoms with Crippen molar-refractivity contribution in [3.63, 3.8) is 0 Å². The molecule has 1 aromatic carbocycles. The highest BCUT2D eigenvalue weighted by Crippen LogP contribution is 2.41. The quantitative estimate of drug-likeness (QED) is 0.630. The normalized spacial score (nSPS) is 12.4. The van der Waals surface area contributed by atoms with Crippen molar-refractivity contribution in [1.82, 2.24) is 14.8 Å². The molecule has 0 fully saturated rings. The maximum absolute atomic E-state index is 13.3. The zero-order valence-corrected chi connectivity index (χ0v) is 15.8. The minimum Gasteiger partial charge on any atom is -0.506 e. The molecule has 13 heteroatoms. The fraction of sp³-hybridized carbons (Fsp3) is 0.0667. The summed E-state index contributed by atoms with van der Waals surface area (Å²) >= 11 is 11.8. The van der Waals surface area contributed by atoms with Gasteiger partial charge in [0.2, 0.25) is 0 Å². The third kappa shape index (κ3) is 3.78. The number of sulfonamides is 1. The van der Waals surface area contributed by atoms with Gasteiger partial charge in [0, 0.05) is 5.56 Å². The van der Waals surface area contributed by atoms with Gasteiger partial charge in [0.05, 0.1) is 27.6 Å². The smallest absolute Gasteiger partial charge is 0.436 e. The minimum atomic E-state index is -4.86. The van der Waals surface area contributed by atoms with Crippen molar-refractivity contribution in [2.24, 2.45) is 5.14 Å². The summed E-state index contributed by atoms with van der Waals surface area (Å²) in [4.78, 5) is 3.63. The van der Waals surface area contributed by atoms with E-state index in [1.807, 2.05) is 0 Å². The number of phenolic OH excluding ortho intramolecular Hbond substituents is 1. The molecule has 2 aromatic heterocycles. The van der Waals surface area contributed by atoms with E-state index in [1.165, 1.54) is 24.3 Å².